The second-order valence-corrected chi connectivity index (χ2v) is 5.74. The third-order valence-corrected chi connectivity index (χ3v) is 3.98. The van der Waals surface area contributed by atoms with Crippen molar-refractivity contribution in [3.8, 4) is 0 Å². The highest BCUT2D eigenvalue weighted by atomic mass is 16.4. The molecule has 1 saturated heterocycles. The number of carboxylic acids is 1. The van der Waals surface area contributed by atoms with Crippen molar-refractivity contribution in [2.24, 2.45) is 11.3 Å². The number of hydrogen-bond acceptors (Lipinski definition) is 2. The molecule has 1 fully saturated rings. The lowest BCUT2D eigenvalue weighted by Crippen LogP contribution is -2.56. The summed E-state index contributed by atoms with van der Waals surface area (Å²) >= 11 is 0. The fraction of sp³-hybridized carbons (Fsp3) is 0.929. The van der Waals surface area contributed by atoms with Gasteiger partial charge >= 0.3 is 5.97 Å². The van der Waals surface area contributed by atoms with Gasteiger partial charge in [0.15, 0.2) is 0 Å². The van der Waals surface area contributed by atoms with E-state index in [-0.39, 0.29) is 5.92 Å². The lowest BCUT2D eigenvalue weighted by Gasteiger charge is -2.51. The van der Waals surface area contributed by atoms with Crippen molar-refractivity contribution in [1.29, 1.82) is 0 Å². The first-order valence-corrected chi connectivity index (χ1v) is 6.98. The molecule has 0 aromatic rings. The van der Waals surface area contributed by atoms with Crippen LogP contribution in [0.1, 0.15) is 52.9 Å². The van der Waals surface area contributed by atoms with Crippen molar-refractivity contribution in [2.75, 3.05) is 19.6 Å². The van der Waals surface area contributed by atoms with Crippen LogP contribution < -0.4 is 0 Å². The quantitative estimate of drug-likeness (QED) is 0.710. The van der Waals surface area contributed by atoms with E-state index in [1.807, 2.05) is 0 Å². The summed E-state index contributed by atoms with van der Waals surface area (Å²) in [5.74, 6) is -0.874. The summed E-state index contributed by atoms with van der Waals surface area (Å²) in [5, 5.41) is 8.84. The molecule has 0 aromatic carbocycles. The zero-order chi connectivity index (χ0) is 12.9. The molecule has 0 aliphatic carbocycles. The zero-order valence-electron chi connectivity index (χ0n) is 11.5. The molecule has 1 aliphatic heterocycles. The average Bonchev–Trinajstić information content (AvgIpc) is 2.22. The predicted molar refractivity (Wildman–Crippen MR) is 70.1 cm³/mol. The number of aliphatic carboxylic acids is 1. The summed E-state index contributed by atoms with van der Waals surface area (Å²) in [6.45, 7) is 9.62. The van der Waals surface area contributed by atoms with Gasteiger partial charge in [0.25, 0.3) is 0 Å². The topological polar surface area (TPSA) is 40.5 Å². The van der Waals surface area contributed by atoms with E-state index in [1.54, 1.807) is 6.92 Å². The maximum atomic E-state index is 10.7. The predicted octanol–water partition coefficient (Wildman–Crippen LogP) is 3.00. The van der Waals surface area contributed by atoms with Crippen LogP contribution in [0.25, 0.3) is 0 Å². The van der Waals surface area contributed by atoms with Crippen LogP contribution in [-0.4, -0.2) is 35.6 Å². The molecule has 3 nitrogen and oxygen atoms in total. The highest BCUT2D eigenvalue weighted by Crippen LogP contribution is 2.39. The van der Waals surface area contributed by atoms with E-state index in [0.29, 0.717) is 5.41 Å². The van der Waals surface area contributed by atoms with E-state index in [2.05, 4.69) is 18.7 Å². The minimum atomic E-state index is -0.668. The molecular formula is C14H27NO2. The number of carboxylic acid groups (broad SMARTS) is 1. The van der Waals surface area contributed by atoms with Gasteiger partial charge in [-0.2, -0.15) is 0 Å². The highest BCUT2D eigenvalue weighted by molar-refractivity contribution is 5.69. The number of rotatable bonds is 8. The molecular weight excluding hydrogens is 214 g/mol. The Kier molecular flexibility index (Phi) is 5.44. The molecule has 1 N–H and O–H groups in total. The van der Waals surface area contributed by atoms with Gasteiger partial charge in [-0.3, -0.25) is 4.79 Å². The molecule has 0 spiro atoms. The van der Waals surface area contributed by atoms with Gasteiger partial charge in [-0.1, -0.05) is 33.6 Å². The van der Waals surface area contributed by atoms with Crippen LogP contribution in [0.5, 0.6) is 0 Å². The average molecular weight is 241 g/mol. The van der Waals surface area contributed by atoms with Gasteiger partial charge in [0.2, 0.25) is 0 Å². The summed E-state index contributed by atoms with van der Waals surface area (Å²) in [6, 6.07) is 0. The van der Waals surface area contributed by atoms with Crippen molar-refractivity contribution in [2.45, 2.75) is 52.9 Å². The van der Waals surface area contributed by atoms with E-state index >= 15 is 0 Å². The van der Waals surface area contributed by atoms with Gasteiger partial charge in [-0.25, -0.2) is 0 Å². The Hall–Kier alpha value is -0.570. The number of carbonyl (C=O) groups is 1. The Morgan fingerprint density at radius 3 is 2.24 bits per heavy atom. The van der Waals surface area contributed by atoms with Crippen LogP contribution in [0.2, 0.25) is 0 Å². The fourth-order valence-electron chi connectivity index (χ4n) is 3.06. The molecule has 0 saturated carbocycles. The van der Waals surface area contributed by atoms with Gasteiger partial charge in [0.1, 0.15) is 0 Å². The van der Waals surface area contributed by atoms with Crippen LogP contribution >= 0.6 is 0 Å². The van der Waals surface area contributed by atoms with Gasteiger partial charge in [0.05, 0.1) is 5.92 Å². The molecule has 1 unspecified atom stereocenters. The Balaban J connectivity index is 2.26. The lowest BCUT2D eigenvalue weighted by molar-refractivity contribution is -0.141. The molecule has 1 heterocycles. The minimum absolute atomic E-state index is 0.206. The number of likely N-dealkylation sites (tertiary alicyclic amines) is 1. The molecule has 0 aromatic heterocycles. The smallest absolute Gasteiger partial charge is 0.306 e. The van der Waals surface area contributed by atoms with E-state index in [4.69, 9.17) is 5.11 Å². The molecule has 1 rings (SSSR count). The van der Waals surface area contributed by atoms with Crippen LogP contribution in [0.3, 0.4) is 0 Å². The van der Waals surface area contributed by atoms with E-state index in [0.717, 1.165) is 13.0 Å². The van der Waals surface area contributed by atoms with Gasteiger partial charge in [-0.05, 0) is 31.2 Å². The molecule has 17 heavy (non-hydrogen) atoms. The third kappa shape index (κ3) is 3.98. The van der Waals surface area contributed by atoms with Gasteiger partial charge in [0, 0.05) is 13.1 Å². The summed E-state index contributed by atoms with van der Waals surface area (Å²) in [5.41, 5.74) is 0.552. The third-order valence-electron chi connectivity index (χ3n) is 3.98. The van der Waals surface area contributed by atoms with Crippen LogP contribution in [0.15, 0.2) is 0 Å². The molecule has 1 atom stereocenters. The molecule has 100 valence electrons. The Morgan fingerprint density at radius 1 is 1.29 bits per heavy atom. The minimum Gasteiger partial charge on any atom is -0.481 e. The van der Waals surface area contributed by atoms with Crippen LogP contribution in [-0.2, 0) is 4.79 Å². The van der Waals surface area contributed by atoms with Crippen molar-refractivity contribution < 1.29 is 9.90 Å². The normalized spacial score (nSPS) is 20.9. The lowest BCUT2D eigenvalue weighted by atomic mass is 9.72. The number of hydrogen-bond donors (Lipinski definition) is 1. The molecule has 0 bridgehead atoms. The summed E-state index contributed by atoms with van der Waals surface area (Å²) in [7, 11) is 0. The SMILES string of the molecule is CCCC1(CCC)CN(CCC(C)C(=O)O)C1. The van der Waals surface area contributed by atoms with Crippen molar-refractivity contribution >= 4 is 5.97 Å². The van der Waals surface area contributed by atoms with Crippen LogP contribution in [0, 0.1) is 11.3 Å². The first-order valence-electron chi connectivity index (χ1n) is 6.98. The van der Waals surface area contributed by atoms with E-state index in [1.165, 1.54) is 38.8 Å². The molecule has 0 amide bonds. The molecule has 1 aliphatic rings. The second kappa shape index (κ2) is 6.39. The number of nitrogens with zero attached hydrogens (tertiary/aromatic N) is 1. The van der Waals surface area contributed by atoms with Crippen molar-refractivity contribution in [1.82, 2.24) is 4.90 Å². The first-order chi connectivity index (χ1) is 8.03. The summed E-state index contributed by atoms with van der Waals surface area (Å²) < 4.78 is 0. The Labute approximate surface area is 105 Å². The van der Waals surface area contributed by atoms with E-state index < -0.39 is 5.97 Å². The molecule has 3 heteroatoms. The van der Waals surface area contributed by atoms with Crippen molar-refractivity contribution in [3.05, 3.63) is 0 Å². The fourth-order valence-corrected chi connectivity index (χ4v) is 3.06. The standard InChI is InChI=1S/C14H27NO2/c1-4-7-14(8-5-2)10-15(11-14)9-6-12(3)13(16)17/h12H,4-11H2,1-3H3,(H,16,17). The summed E-state index contributed by atoms with van der Waals surface area (Å²) in [6.07, 6.45) is 5.96. The monoisotopic (exact) mass is 241 g/mol. The molecule has 0 radical (unpaired) electrons. The van der Waals surface area contributed by atoms with Gasteiger partial charge in [-0.15, -0.1) is 0 Å². The Morgan fingerprint density at radius 2 is 1.82 bits per heavy atom. The zero-order valence-corrected chi connectivity index (χ0v) is 11.5. The first kappa shape index (κ1) is 14.5. The second-order valence-electron chi connectivity index (χ2n) is 5.74. The Bertz CT molecular complexity index is 239. The highest BCUT2D eigenvalue weighted by Gasteiger charge is 2.40. The maximum absolute atomic E-state index is 10.7. The van der Waals surface area contributed by atoms with Crippen LogP contribution in [0.4, 0.5) is 0 Å². The van der Waals surface area contributed by atoms with E-state index in [9.17, 15) is 4.79 Å². The summed E-state index contributed by atoms with van der Waals surface area (Å²) in [4.78, 5) is 13.2. The largest absolute Gasteiger partial charge is 0.481 e. The maximum Gasteiger partial charge on any atom is 0.306 e. The van der Waals surface area contributed by atoms with Gasteiger partial charge < -0.3 is 10.0 Å². The van der Waals surface area contributed by atoms with Crippen molar-refractivity contribution in [3.63, 3.8) is 0 Å².